The average Bonchev–Trinajstić information content (AvgIpc) is 2.51. The Labute approximate surface area is 113 Å². The maximum Gasteiger partial charge on any atom is 0.249 e. The van der Waals surface area contributed by atoms with Gasteiger partial charge in [-0.1, -0.05) is 13.8 Å². The van der Waals surface area contributed by atoms with Crippen LogP contribution in [0.3, 0.4) is 0 Å². The zero-order chi connectivity index (χ0) is 14.0. The van der Waals surface area contributed by atoms with Crippen LogP contribution in [0.1, 0.15) is 26.0 Å². The maximum atomic E-state index is 12.5. The number of rotatable bonds is 2. The molecule has 1 aromatic heterocycles. The van der Waals surface area contributed by atoms with Gasteiger partial charge >= 0.3 is 0 Å². The monoisotopic (exact) mass is 261 g/mol. The van der Waals surface area contributed by atoms with E-state index in [4.69, 9.17) is 0 Å². The standard InChI is InChI=1S/C14H19N3O2/c1-9(2)13-14(19)17(7-6-12(18)16-13)11-5-4-10(3)15-8-11/h4-5,8-9,13H,6-7H2,1-3H3,(H,16,18). The third-order valence-electron chi connectivity index (χ3n) is 3.29. The lowest BCUT2D eigenvalue weighted by molar-refractivity contribution is -0.126. The van der Waals surface area contributed by atoms with Gasteiger partial charge in [-0.2, -0.15) is 0 Å². The van der Waals surface area contributed by atoms with E-state index < -0.39 is 6.04 Å². The smallest absolute Gasteiger partial charge is 0.249 e. The number of aromatic nitrogens is 1. The molecular weight excluding hydrogens is 242 g/mol. The molecule has 1 saturated heterocycles. The van der Waals surface area contributed by atoms with Gasteiger partial charge in [0, 0.05) is 18.7 Å². The normalized spacial score (nSPS) is 20.4. The molecule has 2 rings (SSSR count). The van der Waals surface area contributed by atoms with E-state index in [2.05, 4.69) is 10.3 Å². The van der Waals surface area contributed by atoms with Crippen molar-refractivity contribution in [2.24, 2.45) is 5.92 Å². The number of hydrogen-bond acceptors (Lipinski definition) is 3. The molecule has 0 aliphatic carbocycles. The van der Waals surface area contributed by atoms with Crippen molar-refractivity contribution < 1.29 is 9.59 Å². The van der Waals surface area contributed by atoms with Crippen LogP contribution in [0.25, 0.3) is 0 Å². The summed E-state index contributed by atoms with van der Waals surface area (Å²) >= 11 is 0. The molecule has 1 fully saturated rings. The van der Waals surface area contributed by atoms with E-state index in [1.54, 1.807) is 11.1 Å². The fourth-order valence-corrected chi connectivity index (χ4v) is 2.13. The molecule has 1 unspecified atom stereocenters. The zero-order valence-electron chi connectivity index (χ0n) is 11.5. The lowest BCUT2D eigenvalue weighted by Crippen LogP contribution is -2.47. The molecule has 19 heavy (non-hydrogen) atoms. The quantitative estimate of drug-likeness (QED) is 0.872. The topological polar surface area (TPSA) is 62.3 Å². The van der Waals surface area contributed by atoms with E-state index in [0.29, 0.717) is 13.0 Å². The van der Waals surface area contributed by atoms with Gasteiger partial charge in [-0.15, -0.1) is 0 Å². The number of hydrogen-bond donors (Lipinski definition) is 1. The van der Waals surface area contributed by atoms with Gasteiger partial charge in [0.2, 0.25) is 11.8 Å². The second-order valence-electron chi connectivity index (χ2n) is 5.19. The highest BCUT2D eigenvalue weighted by Gasteiger charge is 2.32. The van der Waals surface area contributed by atoms with Gasteiger partial charge in [-0.3, -0.25) is 14.6 Å². The summed E-state index contributed by atoms with van der Waals surface area (Å²) in [5.74, 6) is -0.0726. The van der Waals surface area contributed by atoms with Crippen LogP contribution in [0.4, 0.5) is 5.69 Å². The summed E-state index contributed by atoms with van der Waals surface area (Å²) < 4.78 is 0. The molecule has 2 heterocycles. The Balaban J connectivity index is 2.30. The number of carbonyl (C=O) groups excluding carboxylic acids is 2. The molecule has 1 aliphatic heterocycles. The fraction of sp³-hybridized carbons (Fsp3) is 0.500. The van der Waals surface area contributed by atoms with Gasteiger partial charge in [0.25, 0.3) is 0 Å². The first-order valence-electron chi connectivity index (χ1n) is 6.52. The Bertz CT molecular complexity index is 482. The van der Waals surface area contributed by atoms with E-state index in [1.165, 1.54) is 0 Å². The number of anilines is 1. The summed E-state index contributed by atoms with van der Waals surface area (Å²) in [5.41, 5.74) is 1.65. The molecule has 0 bridgehead atoms. The van der Waals surface area contributed by atoms with E-state index in [9.17, 15) is 9.59 Å². The minimum absolute atomic E-state index is 0.0634. The molecule has 2 amide bonds. The van der Waals surface area contributed by atoms with Gasteiger partial charge < -0.3 is 10.2 Å². The number of aryl methyl sites for hydroxylation is 1. The third-order valence-corrected chi connectivity index (χ3v) is 3.29. The molecule has 0 spiro atoms. The van der Waals surface area contributed by atoms with Crippen molar-refractivity contribution >= 4 is 17.5 Å². The van der Waals surface area contributed by atoms with Gasteiger partial charge in [0.15, 0.2) is 0 Å². The number of nitrogens with one attached hydrogen (secondary N) is 1. The lowest BCUT2D eigenvalue weighted by Gasteiger charge is -2.25. The van der Waals surface area contributed by atoms with Gasteiger partial charge in [0.05, 0.1) is 11.9 Å². The molecule has 1 aliphatic rings. The largest absolute Gasteiger partial charge is 0.344 e. The number of pyridine rings is 1. The van der Waals surface area contributed by atoms with Crippen molar-refractivity contribution in [3.8, 4) is 0 Å². The van der Waals surface area contributed by atoms with Gasteiger partial charge in [0.1, 0.15) is 6.04 Å². The lowest BCUT2D eigenvalue weighted by atomic mass is 10.0. The Hall–Kier alpha value is -1.91. The van der Waals surface area contributed by atoms with Gasteiger partial charge in [-0.05, 0) is 25.0 Å². The zero-order valence-corrected chi connectivity index (χ0v) is 11.5. The van der Waals surface area contributed by atoms with Crippen LogP contribution in [0.5, 0.6) is 0 Å². The predicted molar refractivity (Wildman–Crippen MR) is 72.7 cm³/mol. The van der Waals surface area contributed by atoms with Crippen LogP contribution in [0.15, 0.2) is 18.3 Å². The van der Waals surface area contributed by atoms with Crippen molar-refractivity contribution in [1.29, 1.82) is 0 Å². The average molecular weight is 261 g/mol. The highest BCUT2D eigenvalue weighted by atomic mass is 16.2. The predicted octanol–water partition coefficient (Wildman–Crippen LogP) is 1.27. The molecule has 5 heteroatoms. The summed E-state index contributed by atoms with van der Waals surface area (Å²) in [6, 6.07) is 3.27. The molecule has 0 aromatic carbocycles. The van der Waals surface area contributed by atoms with Gasteiger partial charge in [-0.25, -0.2) is 0 Å². The Kier molecular flexibility index (Phi) is 3.83. The highest BCUT2D eigenvalue weighted by Crippen LogP contribution is 2.19. The Morgan fingerprint density at radius 3 is 2.68 bits per heavy atom. The molecule has 5 nitrogen and oxygen atoms in total. The van der Waals surface area contributed by atoms with E-state index >= 15 is 0 Å². The first-order valence-corrected chi connectivity index (χ1v) is 6.52. The van der Waals surface area contributed by atoms with Crippen molar-refractivity contribution in [2.75, 3.05) is 11.4 Å². The van der Waals surface area contributed by atoms with E-state index in [-0.39, 0.29) is 17.7 Å². The van der Waals surface area contributed by atoms with Crippen LogP contribution in [-0.4, -0.2) is 29.4 Å². The minimum atomic E-state index is -0.462. The number of amides is 2. The summed E-state index contributed by atoms with van der Waals surface area (Å²) in [5, 5.41) is 2.79. The summed E-state index contributed by atoms with van der Waals surface area (Å²) in [4.78, 5) is 30.0. The van der Waals surface area contributed by atoms with Crippen molar-refractivity contribution in [3.63, 3.8) is 0 Å². The number of carbonyl (C=O) groups is 2. The van der Waals surface area contributed by atoms with Crippen molar-refractivity contribution in [2.45, 2.75) is 33.2 Å². The van der Waals surface area contributed by atoms with E-state index in [0.717, 1.165) is 11.4 Å². The molecule has 0 radical (unpaired) electrons. The van der Waals surface area contributed by atoms with Crippen LogP contribution >= 0.6 is 0 Å². The summed E-state index contributed by atoms with van der Waals surface area (Å²) in [6.45, 7) is 6.16. The van der Waals surface area contributed by atoms with Crippen LogP contribution in [0.2, 0.25) is 0 Å². The summed E-state index contributed by atoms with van der Waals surface area (Å²) in [6.07, 6.45) is 2.00. The molecule has 1 aromatic rings. The Morgan fingerprint density at radius 1 is 1.37 bits per heavy atom. The molecular formula is C14H19N3O2. The molecule has 1 atom stereocenters. The first kappa shape index (κ1) is 13.5. The molecule has 0 saturated carbocycles. The maximum absolute atomic E-state index is 12.5. The second-order valence-corrected chi connectivity index (χ2v) is 5.19. The van der Waals surface area contributed by atoms with E-state index in [1.807, 2.05) is 32.9 Å². The van der Waals surface area contributed by atoms with Crippen LogP contribution < -0.4 is 10.2 Å². The fourth-order valence-electron chi connectivity index (χ4n) is 2.13. The van der Waals surface area contributed by atoms with Crippen molar-refractivity contribution in [1.82, 2.24) is 10.3 Å². The third kappa shape index (κ3) is 2.92. The van der Waals surface area contributed by atoms with Crippen molar-refractivity contribution in [3.05, 3.63) is 24.0 Å². The molecule has 102 valence electrons. The van der Waals surface area contributed by atoms with Crippen LogP contribution in [-0.2, 0) is 9.59 Å². The first-order chi connectivity index (χ1) is 8.99. The SMILES string of the molecule is Cc1ccc(N2CCC(=O)NC(C(C)C)C2=O)cn1. The second kappa shape index (κ2) is 5.38. The van der Waals surface area contributed by atoms with Crippen LogP contribution in [0, 0.1) is 12.8 Å². The summed E-state index contributed by atoms with van der Waals surface area (Å²) in [7, 11) is 0. The Morgan fingerprint density at radius 2 is 2.11 bits per heavy atom. The highest BCUT2D eigenvalue weighted by molar-refractivity contribution is 6.01. The molecule has 1 N–H and O–H groups in total. The minimum Gasteiger partial charge on any atom is -0.344 e. The number of nitrogens with zero attached hydrogens (tertiary/aromatic N) is 2.